The maximum atomic E-state index is 12.9. The van der Waals surface area contributed by atoms with Gasteiger partial charge in [-0.05, 0) is 43.5 Å². The molecule has 3 heteroatoms. The maximum absolute atomic E-state index is 12.9. The Hall–Kier alpha value is -2.29. The van der Waals surface area contributed by atoms with E-state index in [4.69, 9.17) is 0 Å². The SMILES string of the molecule is CC(C)CC(C)Nc1cccc2[nH]c3ccccc3c(=O)c12. The van der Waals surface area contributed by atoms with E-state index in [0.717, 1.165) is 33.9 Å². The van der Waals surface area contributed by atoms with Gasteiger partial charge < -0.3 is 10.3 Å². The minimum absolute atomic E-state index is 0.0872. The van der Waals surface area contributed by atoms with E-state index >= 15 is 0 Å². The van der Waals surface area contributed by atoms with E-state index in [-0.39, 0.29) is 5.43 Å². The van der Waals surface area contributed by atoms with Gasteiger partial charge in [0.2, 0.25) is 0 Å². The molecule has 0 amide bonds. The lowest BCUT2D eigenvalue weighted by atomic mass is 10.0. The number of hydrogen-bond donors (Lipinski definition) is 2. The average molecular weight is 294 g/mol. The lowest BCUT2D eigenvalue weighted by Gasteiger charge is -2.18. The Bertz CT molecular complexity index is 864. The van der Waals surface area contributed by atoms with Crippen molar-refractivity contribution in [3.8, 4) is 0 Å². The highest BCUT2D eigenvalue weighted by Gasteiger charge is 2.11. The molecule has 0 aliphatic rings. The van der Waals surface area contributed by atoms with Gasteiger partial charge in [0.15, 0.2) is 5.43 Å². The molecule has 3 aromatic rings. The lowest BCUT2D eigenvalue weighted by molar-refractivity contribution is 0.540. The molecule has 3 rings (SSSR count). The molecule has 1 atom stereocenters. The first-order valence-corrected chi connectivity index (χ1v) is 7.86. The van der Waals surface area contributed by atoms with E-state index < -0.39 is 0 Å². The van der Waals surface area contributed by atoms with Crippen molar-refractivity contribution in [3.05, 3.63) is 52.7 Å². The number of benzene rings is 2. The van der Waals surface area contributed by atoms with Crippen LogP contribution < -0.4 is 10.7 Å². The predicted molar refractivity (Wildman–Crippen MR) is 94.6 cm³/mol. The number of nitrogens with one attached hydrogen (secondary N) is 2. The van der Waals surface area contributed by atoms with Crippen molar-refractivity contribution in [3.63, 3.8) is 0 Å². The fourth-order valence-corrected chi connectivity index (χ4v) is 3.12. The molecule has 0 saturated carbocycles. The van der Waals surface area contributed by atoms with Crippen LogP contribution in [-0.2, 0) is 0 Å². The lowest BCUT2D eigenvalue weighted by Crippen LogP contribution is -2.19. The Labute approximate surface area is 130 Å². The van der Waals surface area contributed by atoms with Crippen molar-refractivity contribution >= 4 is 27.5 Å². The third kappa shape index (κ3) is 2.71. The fourth-order valence-electron chi connectivity index (χ4n) is 3.12. The van der Waals surface area contributed by atoms with Crippen LogP contribution in [0.1, 0.15) is 27.2 Å². The van der Waals surface area contributed by atoms with Crippen LogP contribution in [0, 0.1) is 5.92 Å². The van der Waals surface area contributed by atoms with Crippen LogP contribution in [-0.4, -0.2) is 11.0 Å². The summed E-state index contributed by atoms with van der Waals surface area (Å²) in [6.07, 6.45) is 1.07. The first-order chi connectivity index (χ1) is 10.6. The molecule has 2 aromatic carbocycles. The van der Waals surface area contributed by atoms with Crippen LogP contribution in [0.15, 0.2) is 47.3 Å². The van der Waals surface area contributed by atoms with E-state index in [2.05, 4.69) is 31.1 Å². The maximum Gasteiger partial charge on any atom is 0.199 e. The van der Waals surface area contributed by atoms with Crippen LogP contribution in [0.5, 0.6) is 0 Å². The first-order valence-electron chi connectivity index (χ1n) is 7.86. The molecule has 2 N–H and O–H groups in total. The Balaban J connectivity index is 2.15. The quantitative estimate of drug-likeness (QED) is 0.694. The van der Waals surface area contributed by atoms with Gasteiger partial charge in [0.25, 0.3) is 0 Å². The standard InChI is InChI=1S/C19H22N2O/c1-12(2)11-13(3)20-16-9-6-10-17-18(16)19(22)14-7-4-5-8-15(14)21-17/h4-10,12-13,20H,11H2,1-3H3,(H,21,22). The molecule has 1 aromatic heterocycles. The molecule has 114 valence electrons. The van der Waals surface area contributed by atoms with Crippen LogP contribution in [0.25, 0.3) is 21.8 Å². The molecule has 0 aliphatic carbocycles. The normalized spacial score (nSPS) is 12.9. The molecule has 1 heterocycles. The van der Waals surface area contributed by atoms with Crippen molar-refractivity contribution < 1.29 is 0 Å². The summed E-state index contributed by atoms with van der Waals surface area (Å²) in [5.41, 5.74) is 2.76. The molecule has 0 aliphatic heterocycles. The zero-order chi connectivity index (χ0) is 15.7. The molecule has 0 spiro atoms. The Kier molecular flexibility index (Phi) is 3.88. The van der Waals surface area contributed by atoms with Crippen LogP contribution >= 0.6 is 0 Å². The van der Waals surface area contributed by atoms with E-state index in [1.54, 1.807) is 0 Å². The number of fused-ring (bicyclic) bond motifs is 2. The van der Waals surface area contributed by atoms with E-state index in [0.29, 0.717) is 12.0 Å². The van der Waals surface area contributed by atoms with Gasteiger partial charge in [0.05, 0.1) is 10.9 Å². The summed E-state index contributed by atoms with van der Waals surface area (Å²) >= 11 is 0. The van der Waals surface area contributed by atoms with Gasteiger partial charge in [0.1, 0.15) is 0 Å². The van der Waals surface area contributed by atoms with Crippen LogP contribution in [0.3, 0.4) is 0 Å². The summed E-state index contributed by atoms with van der Waals surface area (Å²) < 4.78 is 0. The molecule has 22 heavy (non-hydrogen) atoms. The molecule has 0 saturated heterocycles. The summed E-state index contributed by atoms with van der Waals surface area (Å²) in [5, 5.41) is 4.99. The van der Waals surface area contributed by atoms with Crippen molar-refractivity contribution in [2.24, 2.45) is 5.92 Å². The zero-order valence-corrected chi connectivity index (χ0v) is 13.3. The second-order valence-corrected chi connectivity index (χ2v) is 6.40. The van der Waals surface area contributed by atoms with Crippen LogP contribution in [0.4, 0.5) is 5.69 Å². The average Bonchev–Trinajstić information content (AvgIpc) is 2.46. The minimum atomic E-state index is 0.0872. The van der Waals surface area contributed by atoms with E-state index in [1.807, 2.05) is 42.5 Å². The van der Waals surface area contributed by atoms with E-state index in [9.17, 15) is 4.79 Å². The molecular weight excluding hydrogens is 272 g/mol. The zero-order valence-electron chi connectivity index (χ0n) is 13.3. The number of hydrogen-bond acceptors (Lipinski definition) is 2. The highest BCUT2D eigenvalue weighted by atomic mass is 16.1. The van der Waals surface area contributed by atoms with Crippen LogP contribution in [0.2, 0.25) is 0 Å². The number of rotatable bonds is 4. The summed E-state index contributed by atoms with van der Waals surface area (Å²) in [7, 11) is 0. The Morgan fingerprint density at radius 3 is 2.50 bits per heavy atom. The molecule has 1 unspecified atom stereocenters. The van der Waals surface area contributed by atoms with Gasteiger partial charge in [0, 0.05) is 22.6 Å². The summed E-state index contributed by atoms with van der Waals surface area (Å²) in [6, 6.07) is 13.9. The Morgan fingerprint density at radius 1 is 1.00 bits per heavy atom. The van der Waals surface area contributed by atoms with Gasteiger partial charge in [-0.3, -0.25) is 4.79 Å². The monoisotopic (exact) mass is 294 g/mol. The number of para-hydroxylation sites is 1. The highest BCUT2D eigenvalue weighted by molar-refractivity contribution is 5.99. The largest absolute Gasteiger partial charge is 0.382 e. The van der Waals surface area contributed by atoms with Gasteiger partial charge >= 0.3 is 0 Å². The van der Waals surface area contributed by atoms with Gasteiger partial charge in [-0.1, -0.05) is 32.0 Å². The second kappa shape index (κ2) is 5.84. The van der Waals surface area contributed by atoms with Crippen molar-refractivity contribution in [1.82, 2.24) is 4.98 Å². The molecule has 0 fully saturated rings. The van der Waals surface area contributed by atoms with Gasteiger partial charge in [-0.2, -0.15) is 0 Å². The molecule has 0 bridgehead atoms. The third-order valence-corrected chi connectivity index (χ3v) is 3.96. The smallest absolute Gasteiger partial charge is 0.199 e. The first kappa shape index (κ1) is 14.6. The number of pyridine rings is 1. The number of aromatic nitrogens is 1. The Morgan fingerprint density at radius 2 is 1.73 bits per heavy atom. The van der Waals surface area contributed by atoms with Crippen molar-refractivity contribution in [2.75, 3.05) is 5.32 Å². The minimum Gasteiger partial charge on any atom is -0.382 e. The number of H-pyrrole nitrogens is 1. The van der Waals surface area contributed by atoms with Crippen molar-refractivity contribution in [1.29, 1.82) is 0 Å². The topological polar surface area (TPSA) is 44.9 Å². The second-order valence-electron chi connectivity index (χ2n) is 6.40. The van der Waals surface area contributed by atoms with Gasteiger partial charge in [-0.15, -0.1) is 0 Å². The molecule has 3 nitrogen and oxygen atoms in total. The number of anilines is 1. The fraction of sp³-hybridized carbons (Fsp3) is 0.316. The third-order valence-electron chi connectivity index (χ3n) is 3.96. The van der Waals surface area contributed by atoms with Crippen molar-refractivity contribution in [2.45, 2.75) is 33.2 Å². The van der Waals surface area contributed by atoms with Gasteiger partial charge in [-0.25, -0.2) is 0 Å². The molecular formula is C19H22N2O. The number of aromatic amines is 1. The summed E-state index contributed by atoms with van der Waals surface area (Å²) in [5.74, 6) is 0.622. The predicted octanol–water partition coefficient (Wildman–Crippen LogP) is 4.53. The molecule has 0 radical (unpaired) electrons. The highest BCUT2D eigenvalue weighted by Crippen LogP contribution is 2.23. The summed E-state index contributed by atoms with van der Waals surface area (Å²) in [4.78, 5) is 16.2. The van der Waals surface area contributed by atoms with E-state index in [1.165, 1.54) is 0 Å². The summed E-state index contributed by atoms with van der Waals surface area (Å²) in [6.45, 7) is 6.58.